The van der Waals surface area contributed by atoms with Gasteiger partial charge in [0.25, 0.3) is 5.91 Å². The first-order chi connectivity index (χ1) is 13.9. The minimum atomic E-state index is -0.320. The smallest absolute Gasteiger partial charge is 0.319 e. The van der Waals surface area contributed by atoms with E-state index in [1.54, 1.807) is 43.3 Å². The molecule has 2 aliphatic rings. The van der Waals surface area contributed by atoms with Gasteiger partial charge in [-0.2, -0.15) is 0 Å². The number of rotatable bonds is 3. The average Bonchev–Trinajstić information content (AvgIpc) is 2.97. The molecule has 29 heavy (non-hydrogen) atoms. The zero-order valence-corrected chi connectivity index (χ0v) is 16.6. The van der Waals surface area contributed by atoms with Crippen molar-refractivity contribution in [1.82, 2.24) is 20.1 Å². The Kier molecular flexibility index (Phi) is 5.22. The summed E-state index contributed by atoms with van der Waals surface area (Å²) in [5.41, 5.74) is 1.77. The molecule has 0 saturated carbocycles. The molecule has 6 nitrogen and oxygen atoms in total. The van der Waals surface area contributed by atoms with Crippen molar-refractivity contribution in [1.29, 1.82) is 0 Å². The molecule has 2 aromatic rings. The Labute approximate surface area is 169 Å². The maximum Gasteiger partial charge on any atom is 0.319 e. The lowest BCUT2D eigenvalue weighted by Crippen LogP contribution is -2.54. The molecule has 3 heterocycles. The largest absolute Gasteiger partial charge is 0.349 e. The molecule has 2 fully saturated rings. The van der Waals surface area contributed by atoms with Crippen molar-refractivity contribution in [3.8, 4) is 11.3 Å². The highest BCUT2D eigenvalue weighted by atomic mass is 19.1. The standard InChI is InChI=1S/C22H25FN4O2/c1-26(2)22(29)27-18-7-8-19(27)12-17(11-18)25-21(28)15-6-9-20(24-13-15)14-4-3-5-16(23)10-14/h3-6,9-10,13,17-19H,7-8,11-12H2,1-2H3,(H,25,28). The highest BCUT2D eigenvalue weighted by Gasteiger charge is 2.44. The van der Waals surface area contributed by atoms with Crippen molar-refractivity contribution in [3.63, 3.8) is 0 Å². The molecule has 2 unspecified atom stereocenters. The second kappa shape index (κ2) is 7.81. The van der Waals surface area contributed by atoms with Crippen LogP contribution < -0.4 is 5.32 Å². The molecule has 1 aromatic carbocycles. The number of hydrogen-bond donors (Lipinski definition) is 1. The highest BCUT2D eigenvalue weighted by molar-refractivity contribution is 5.94. The lowest BCUT2D eigenvalue weighted by molar-refractivity contribution is 0.0863. The summed E-state index contributed by atoms with van der Waals surface area (Å²) < 4.78 is 13.4. The van der Waals surface area contributed by atoms with Gasteiger partial charge in [-0.3, -0.25) is 9.78 Å². The number of nitrogens with one attached hydrogen (secondary N) is 1. The van der Waals surface area contributed by atoms with Crippen LogP contribution in [0.1, 0.15) is 36.0 Å². The SMILES string of the molecule is CN(C)C(=O)N1C2CCC1CC(NC(=O)c1ccc(-c3cccc(F)c3)nc1)C2. The maximum atomic E-state index is 13.4. The first-order valence-corrected chi connectivity index (χ1v) is 9.95. The van der Waals surface area contributed by atoms with E-state index in [2.05, 4.69) is 10.3 Å². The van der Waals surface area contributed by atoms with Gasteiger partial charge in [0.05, 0.1) is 11.3 Å². The second-order valence-corrected chi connectivity index (χ2v) is 8.05. The van der Waals surface area contributed by atoms with E-state index in [0.717, 1.165) is 25.7 Å². The fraction of sp³-hybridized carbons (Fsp3) is 0.409. The molecule has 2 saturated heterocycles. The molecule has 0 radical (unpaired) electrons. The Balaban J connectivity index is 1.40. The third kappa shape index (κ3) is 3.95. The Morgan fingerprint density at radius 2 is 1.86 bits per heavy atom. The predicted octanol–water partition coefficient (Wildman–Crippen LogP) is 3.29. The normalized spacial score (nSPS) is 23.0. The highest BCUT2D eigenvalue weighted by Crippen LogP contribution is 2.36. The Morgan fingerprint density at radius 3 is 2.45 bits per heavy atom. The molecule has 3 amide bonds. The fourth-order valence-corrected chi connectivity index (χ4v) is 4.45. The summed E-state index contributed by atoms with van der Waals surface area (Å²) in [4.78, 5) is 33.0. The molecule has 0 spiro atoms. The summed E-state index contributed by atoms with van der Waals surface area (Å²) in [5, 5.41) is 3.10. The third-order valence-corrected chi connectivity index (χ3v) is 5.82. The number of aromatic nitrogens is 1. The van der Waals surface area contributed by atoms with Crippen LogP contribution in [0.2, 0.25) is 0 Å². The van der Waals surface area contributed by atoms with E-state index in [0.29, 0.717) is 16.8 Å². The number of halogens is 1. The van der Waals surface area contributed by atoms with Crippen molar-refractivity contribution in [3.05, 3.63) is 54.0 Å². The van der Waals surface area contributed by atoms with Crippen molar-refractivity contribution in [2.75, 3.05) is 14.1 Å². The van der Waals surface area contributed by atoms with Gasteiger partial charge in [0, 0.05) is 44.0 Å². The summed E-state index contributed by atoms with van der Waals surface area (Å²) in [6.07, 6.45) is 5.04. The van der Waals surface area contributed by atoms with E-state index in [9.17, 15) is 14.0 Å². The van der Waals surface area contributed by atoms with Crippen LogP contribution in [0.25, 0.3) is 11.3 Å². The number of amides is 3. The van der Waals surface area contributed by atoms with Gasteiger partial charge in [-0.25, -0.2) is 9.18 Å². The molecule has 1 N–H and O–H groups in total. The number of pyridine rings is 1. The van der Waals surface area contributed by atoms with E-state index >= 15 is 0 Å². The zero-order chi connectivity index (χ0) is 20.5. The maximum absolute atomic E-state index is 13.4. The fourth-order valence-electron chi connectivity index (χ4n) is 4.45. The Morgan fingerprint density at radius 1 is 1.14 bits per heavy atom. The summed E-state index contributed by atoms with van der Waals surface area (Å²) in [7, 11) is 3.55. The van der Waals surface area contributed by atoms with Gasteiger partial charge in [-0.05, 0) is 49.9 Å². The zero-order valence-electron chi connectivity index (χ0n) is 16.6. The van der Waals surface area contributed by atoms with Gasteiger partial charge in [0.15, 0.2) is 0 Å². The number of urea groups is 1. The molecule has 4 rings (SSSR count). The molecule has 152 valence electrons. The first-order valence-electron chi connectivity index (χ1n) is 9.95. The van der Waals surface area contributed by atoms with Crippen LogP contribution in [0, 0.1) is 5.82 Å². The number of carbonyl (C=O) groups is 2. The van der Waals surface area contributed by atoms with Crippen LogP contribution in [0.4, 0.5) is 9.18 Å². The minimum Gasteiger partial charge on any atom is -0.349 e. The average molecular weight is 396 g/mol. The predicted molar refractivity (Wildman–Crippen MR) is 108 cm³/mol. The molecular formula is C22H25FN4O2. The van der Waals surface area contributed by atoms with Gasteiger partial charge in [-0.1, -0.05) is 12.1 Å². The number of benzene rings is 1. The number of carbonyl (C=O) groups excluding carboxylic acids is 2. The summed E-state index contributed by atoms with van der Waals surface area (Å²) in [6, 6.07) is 10.1. The van der Waals surface area contributed by atoms with Crippen molar-refractivity contribution < 1.29 is 14.0 Å². The minimum absolute atomic E-state index is 0.0501. The Hall–Kier alpha value is -2.96. The number of piperidine rings is 1. The molecule has 0 aliphatic carbocycles. The molecule has 2 aliphatic heterocycles. The summed E-state index contributed by atoms with van der Waals surface area (Å²) >= 11 is 0. The number of hydrogen-bond acceptors (Lipinski definition) is 3. The lowest BCUT2D eigenvalue weighted by atomic mass is 9.97. The molecule has 1 aromatic heterocycles. The van der Waals surface area contributed by atoms with Crippen LogP contribution in [0.15, 0.2) is 42.6 Å². The van der Waals surface area contributed by atoms with Gasteiger partial charge in [-0.15, -0.1) is 0 Å². The monoisotopic (exact) mass is 396 g/mol. The molecular weight excluding hydrogens is 371 g/mol. The van der Waals surface area contributed by atoms with E-state index in [-0.39, 0.29) is 35.9 Å². The van der Waals surface area contributed by atoms with Crippen LogP contribution in [0.3, 0.4) is 0 Å². The van der Waals surface area contributed by atoms with Crippen molar-refractivity contribution in [2.45, 2.75) is 43.8 Å². The van der Waals surface area contributed by atoms with E-state index in [4.69, 9.17) is 0 Å². The van der Waals surface area contributed by atoms with Gasteiger partial charge in [0.2, 0.25) is 0 Å². The molecule has 7 heteroatoms. The molecule has 2 bridgehead atoms. The Bertz CT molecular complexity index is 901. The van der Waals surface area contributed by atoms with E-state index < -0.39 is 0 Å². The second-order valence-electron chi connectivity index (χ2n) is 8.05. The van der Waals surface area contributed by atoms with E-state index in [1.165, 1.54) is 18.3 Å². The first kappa shape index (κ1) is 19.4. The third-order valence-electron chi connectivity index (χ3n) is 5.82. The van der Waals surface area contributed by atoms with Crippen LogP contribution >= 0.6 is 0 Å². The number of nitrogens with zero attached hydrogens (tertiary/aromatic N) is 3. The lowest BCUT2D eigenvalue weighted by Gasteiger charge is -2.40. The molecule has 2 atom stereocenters. The summed E-state index contributed by atoms with van der Waals surface area (Å²) in [5.74, 6) is -0.486. The topological polar surface area (TPSA) is 65.5 Å². The quantitative estimate of drug-likeness (QED) is 0.866. The van der Waals surface area contributed by atoms with Crippen LogP contribution in [-0.2, 0) is 0 Å². The van der Waals surface area contributed by atoms with Gasteiger partial charge >= 0.3 is 6.03 Å². The van der Waals surface area contributed by atoms with Crippen molar-refractivity contribution in [2.24, 2.45) is 0 Å². The van der Waals surface area contributed by atoms with Crippen molar-refractivity contribution >= 4 is 11.9 Å². The summed E-state index contributed by atoms with van der Waals surface area (Å²) in [6.45, 7) is 0. The van der Waals surface area contributed by atoms with Crippen LogP contribution in [0.5, 0.6) is 0 Å². The van der Waals surface area contributed by atoms with Gasteiger partial charge in [0.1, 0.15) is 5.82 Å². The van der Waals surface area contributed by atoms with Crippen LogP contribution in [-0.4, -0.2) is 58.9 Å². The van der Waals surface area contributed by atoms with E-state index in [1.807, 2.05) is 4.90 Å². The van der Waals surface area contributed by atoms with Gasteiger partial charge < -0.3 is 15.1 Å². The number of fused-ring (bicyclic) bond motifs is 2.